The summed E-state index contributed by atoms with van der Waals surface area (Å²) in [5.74, 6) is 0. The van der Waals surface area contributed by atoms with Gasteiger partial charge in [0.2, 0.25) is 0 Å². The molecule has 0 aliphatic heterocycles. The molecule has 0 saturated heterocycles. The number of hydrogen-bond donors (Lipinski definition) is 0. The van der Waals surface area contributed by atoms with Crippen molar-refractivity contribution in [2.45, 2.75) is 20.3 Å². The maximum absolute atomic E-state index is 8.69. The fourth-order valence-electron chi connectivity index (χ4n) is 0.980. The van der Waals surface area contributed by atoms with Crippen LogP contribution in [-0.4, -0.2) is 16.6 Å². The molecule has 0 unspecified atom stereocenters. The van der Waals surface area contributed by atoms with Crippen LogP contribution in [0.3, 0.4) is 0 Å². The summed E-state index contributed by atoms with van der Waals surface area (Å²) in [6, 6.07) is 3.83. The van der Waals surface area contributed by atoms with Gasteiger partial charge in [0.05, 0.1) is 6.61 Å². The molecule has 4 nitrogen and oxygen atoms in total. The van der Waals surface area contributed by atoms with Crippen molar-refractivity contribution in [1.82, 2.24) is 9.97 Å². The number of ether oxygens (including phenoxy) is 1. The summed E-state index contributed by atoms with van der Waals surface area (Å²) in [6.07, 6.45) is 0.763. The third kappa shape index (κ3) is 3.77. The van der Waals surface area contributed by atoms with E-state index in [9.17, 15) is 0 Å². The predicted molar refractivity (Wildman–Crippen MR) is 56.4 cm³/mol. The Kier molecular flexibility index (Phi) is 3.81. The normalized spacial score (nSPS) is 9.40. The Balaban J connectivity index is 2.65. The van der Waals surface area contributed by atoms with Crippen molar-refractivity contribution >= 4 is 0 Å². The Morgan fingerprint density at radius 2 is 2.33 bits per heavy atom. The van der Waals surface area contributed by atoms with Crippen molar-refractivity contribution in [3.05, 3.63) is 29.6 Å². The van der Waals surface area contributed by atoms with E-state index in [1.807, 2.05) is 13.0 Å². The highest BCUT2D eigenvalue weighted by Crippen LogP contribution is 2.07. The quantitative estimate of drug-likeness (QED) is 0.702. The number of aromatic nitrogens is 2. The number of rotatable bonds is 4. The van der Waals surface area contributed by atoms with Crippen LogP contribution in [0.15, 0.2) is 18.2 Å². The van der Waals surface area contributed by atoms with Crippen molar-refractivity contribution in [2.75, 3.05) is 6.61 Å². The number of nitriles is 1. The Labute approximate surface area is 89.2 Å². The van der Waals surface area contributed by atoms with Crippen LogP contribution in [0.1, 0.15) is 24.7 Å². The molecule has 0 radical (unpaired) electrons. The van der Waals surface area contributed by atoms with Gasteiger partial charge in [-0.05, 0) is 19.9 Å². The summed E-state index contributed by atoms with van der Waals surface area (Å²) in [7, 11) is 0. The molecule has 0 atom stereocenters. The molecule has 0 aliphatic carbocycles. The summed E-state index contributed by atoms with van der Waals surface area (Å²) in [5, 5.41) is 8.69. The summed E-state index contributed by atoms with van der Waals surface area (Å²) in [4.78, 5) is 7.99. The van der Waals surface area contributed by atoms with E-state index in [0.29, 0.717) is 12.3 Å². The molecule has 78 valence electrons. The summed E-state index contributed by atoms with van der Waals surface area (Å²) >= 11 is 0. The first-order chi connectivity index (χ1) is 7.11. The SMILES string of the molecule is C=C(C)CCOc1nc(C)cc(C#N)n1. The van der Waals surface area contributed by atoms with E-state index in [0.717, 1.165) is 17.7 Å². The average Bonchev–Trinajstić information content (AvgIpc) is 2.16. The molecule has 1 rings (SSSR count). The largest absolute Gasteiger partial charge is 0.463 e. The third-order valence-electron chi connectivity index (χ3n) is 1.71. The fraction of sp³-hybridized carbons (Fsp3) is 0.364. The van der Waals surface area contributed by atoms with Crippen LogP contribution in [0, 0.1) is 18.3 Å². The summed E-state index contributed by atoms with van der Waals surface area (Å²) in [6.45, 7) is 7.99. The zero-order valence-electron chi connectivity index (χ0n) is 8.95. The molecule has 0 saturated carbocycles. The highest BCUT2D eigenvalue weighted by Gasteiger charge is 2.02. The van der Waals surface area contributed by atoms with Gasteiger partial charge in [0.15, 0.2) is 0 Å². The van der Waals surface area contributed by atoms with Crippen LogP contribution in [0.4, 0.5) is 0 Å². The highest BCUT2D eigenvalue weighted by molar-refractivity contribution is 5.23. The second-order valence-electron chi connectivity index (χ2n) is 3.34. The van der Waals surface area contributed by atoms with Crippen molar-refractivity contribution in [1.29, 1.82) is 5.26 Å². The lowest BCUT2D eigenvalue weighted by atomic mass is 10.3. The number of aryl methyl sites for hydroxylation is 1. The molecule has 0 N–H and O–H groups in total. The Morgan fingerprint density at radius 3 is 2.93 bits per heavy atom. The molecule has 1 aromatic rings. The van der Waals surface area contributed by atoms with Gasteiger partial charge < -0.3 is 4.74 Å². The van der Waals surface area contributed by atoms with E-state index >= 15 is 0 Å². The molecule has 0 amide bonds. The van der Waals surface area contributed by atoms with E-state index in [1.165, 1.54) is 0 Å². The molecular weight excluding hydrogens is 190 g/mol. The minimum Gasteiger partial charge on any atom is -0.463 e. The van der Waals surface area contributed by atoms with E-state index in [1.54, 1.807) is 13.0 Å². The molecule has 4 heteroatoms. The second-order valence-corrected chi connectivity index (χ2v) is 3.34. The molecule has 1 aromatic heterocycles. The molecule has 0 fully saturated rings. The maximum atomic E-state index is 8.69. The van der Waals surface area contributed by atoms with Crippen LogP contribution in [0.25, 0.3) is 0 Å². The Hall–Kier alpha value is -1.89. The molecule has 0 aliphatic rings. The summed E-state index contributed by atoms with van der Waals surface area (Å²) in [5.41, 5.74) is 2.10. The molecule has 0 spiro atoms. The maximum Gasteiger partial charge on any atom is 0.317 e. The molecule has 0 bridgehead atoms. The lowest BCUT2D eigenvalue weighted by Gasteiger charge is -2.04. The minimum atomic E-state index is 0.257. The topological polar surface area (TPSA) is 58.8 Å². The monoisotopic (exact) mass is 203 g/mol. The fourth-order valence-corrected chi connectivity index (χ4v) is 0.980. The van der Waals surface area contributed by atoms with Gasteiger partial charge >= 0.3 is 6.01 Å². The molecule has 1 heterocycles. The number of nitrogens with zero attached hydrogens (tertiary/aromatic N) is 3. The van der Waals surface area contributed by atoms with Crippen LogP contribution >= 0.6 is 0 Å². The van der Waals surface area contributed by atoms with E-state index in [4.69, 9.17) is 10.00 Å². The first-order valence-electron chi connectivity index (χ1n) is 4.65. The zero-order valence-corrected chi connectivity index (χ0v) is 8.95. The molecular formula is C11H13N3O. The lowest BCUT2D eigenvalue weighted by Crippen LogP contribution is -2.03. The van der Waals surface area contributed by atoms with Crippen LogP contribution in [-0.2, 0) is 0 Å². The van der Waals surface area contributed by atoms with E-state index in [2.05, 4.69) is 16.5 Å². The third-order valence-corrected chi connectivity index (χ3v) is 1.71. The molecule has 0 aromatic carbocycles. The van der Waals surface area contributed by atoms with E-state index < -0.39 is 0 Å². The van der Waals surface area contributed by atoms with Crippen molar-refractivity contribution in [2.24, 2.45) is 0 Å². The van der Waals surface area contributed by atoms with Gasteiger partial charge in [-0.15, -0.1) is 6.58 Å². The van der Waals surface area contributed by atoms with Crippen LogP contribution < -0.4 is 4.74 Å². The smallest absolute Gasteiger partial charge is 0.317 e. The summed E-state index contributed by atoms with van der Waals surface area (Å²) < 4.78 is 5.31. The van der Waals surface area contributed by atoms with Gasteiger partial charge in [0, 0.05) is 12.1 Å². The van der Waals surface area contributed by atoms with E-state index in [-0.39, 0.29) is 6.01 Å². The minimum absolute atomic E-state index is 0.257. The highest BCUT2D eigenvalue weighted by atomic mass is 16.5. The molecule has 15 heavy (non-hydrogen) atoms. The van der Waals surface area contributed by atoms with Gasteiger partial charge in [-0.2, -0.15) is 10.2 Å². The Bertz CT molecular complexity index is 407. The number of hydrogen-bond acceptors (Lipinski definition) is 4. The Morgan fingerprint density at radius 1 is 1.60 bits per heavy atom. The standard InChI is InChI=1S/C11H13N3O/c1-8(2)4-5-15-11-13-9(3)6-10(7-12)14-11/h6H,1,4-5H2,2-3H3. The lowest BCUT2D eigenvalue weighted by molar-refractivity contribution is 0.295. The van der Waals surface area contributed by atoms with Gasteiger partial charge in [-0.3, -0.25) is 0 Å². The average molecular weight is 203 g/mol. The van der Waals surface area contributed by atoms with Crippen LogP contribution in [0.2, 0.25) is 0 Å². The zero-order chi connectivity index (χ0) is 11.3. The van der Waals surface area contributed by atoms with Crippen molar-refractivity contribution < 1.29 is 4.74 Å². The van der Waals surface area contributed by atoms with Crippen LogP contribution in [0.5, 0.6) is 6.01 Å². The predicted octanol–water partition coefficient (Wildman–Crippen LogP) is 2.00. The van der Waals surface area contributed by atoms with Gasteiger partial charge in [0.25, 0.3) is 0 Å². The van der Waals surface area contributed by atoms with Crippen molar-refractivity contribution in [3.63, 3.8) is 0 Å². The van der Waals surface area contributed by atoms with Gasteiger partial charge in [0.1, 0.15) is 11.8 Å². The first kappa shape index (κ1) is 11.2. The van der Waals surface area contributed by atoms with Crippen molar-refractivity contribution in [3.8, 4) is 12.1 Å². The second kappa shape index (κ2) is 5.11. The first-order valence-corrected chi connectivity index (χ1v) is 4.65. The van der Waals surface area contributed by atoms with Gasteiger partial charge in [-0.1, -0.05) is 5.57 Å². The van der Waals surface area contributed by atoms with Gasteiger partial charge in [-0.25, -0.2) is 4.98 Å².